The van der Waals surface area contributed by atoms with E-state index in [1.807, 2.05) is 0 Å². The first-order valence-electron chi connectivity index (χ1n) is 1.64. The van der Waals surface area contributed by atoms with E-state index in [0.29, 0.717) is 6.54 Å². The molecule has 0 aromatic heterocycles. The van der Waals surface area contributed by atoms with E-state index in [1.54, 1.807) is 6.92 Å². The summed E-state index contributed by atoms with van der Waals surface area (Å²) in [6.45, 7) is 1.95. The number of rotatable bonds is 1. The molecular formula is C3H8Cl3N. The molecule has 0 heterocycles. The third-order valence-electron chi connectivity index (χ3n) is 0.358. The largest absolute Gasteiger partial charge is 0.328 e. The molecule has 0 bridgehead atoms. The average Bonchev–Trinajstić information content (AvgIpc) is 1.35. The van der Waals surface area contributed by atoms with Crippen molar-refractivity contribution >= 4 is 35.6 Å². The van der Waals surface area contributed by atoms with Gasteiger partial charge in [0, 0.05) is 6.54 Å². The van der Waals surface area contributed by atoms with Crippen LogP contribution in [0.3, 0.4) is 0 Å². The number of hydrogen-bond acceptors (Lipinski definition) is 1. The van der Waals surface area contributed by atoms with E-state index in [9.17, 15) is 0 Å². The van der Waals surface area contributed by atoms with E-state index in [1.165, 1.54) is 0 Å². The fourth-order valence-corrected chi connectivity index (χ4v) is 0. The van der Waals surface area contributed by atoms with Crippen LogP contribution < -0.4 is 5.73 Å². The first kappa shape index (κ1) is 10.7. The van der Waals surface area contributed by atoms with Crippen molar-refractivity contribution in [1.29, 1.82) is 0 Å². The van der Waals surface area contributed by atoms with E-state index in [-0.39, 0.29) is 12.4 Å². The Hall–Kier alpha value is 0.830. The molecule has 2 N–H and O–H groups in total. The van der Waals surface area contributed by atoms with Gasteiger partial charge in [-0.25, -0.2) is 0 Å². The number of hydrogen-bond donors (Lipinski definition) is 1. The van der Waals surface area contributed by atoms with Gasteiger partial charge in [0.15, 0.2) is 0 Å². The Kier molecular flexibility index (Phi) is 5.81. The maximum absolute atomic E-state index is 5.36. The molecule has 0 atom stereocenters. The van der Waals surface area contributed by atoms with Crippen LogP contribution in [0.5, 0.6) is 0 Å². The van der Waals surface area contributed by atoms with Crippen LogP contribution >= 0.6 is 35.6 Å². The van der Waals surface area contributed by atoms with Gasteiger partial charge in [0.25, 0.3) is 0 Å². The quantitative estimate of drug-likeness (QED) is 0.585. The molecule has 0 aromatic carbocycles. The molecule has 0 spiro atoms. The summed E-state index contributed by atoms with van der Waals surface area (Å²) in [4.78, 5) is 0. The molecule has 0 aliphatic heterocycles. The normalized spacial score (nSPS) is 10.3. The predicted octanol–water partition coefficient (Wildman–Crippen LogP) is 1.56. The molecule has 0 radical (unpaired) electrons. The summed E-state index contributed by atoms with van der Waals surface area (Å²) in [6.07, 6.45) is 0. The van der Waals surface area contributed by atoms with E-state index < -0.39 is 4.33 Å². The minimum absolute atomic E-state index is 0. The van der Waals surface area contributed by atoms with Crippen LogP contribution in [0.1, 0.15) is 6.92 Å². The minimum atomic E-state index is -0.736. The summed E-state index contributed by atoms with van der Waals surface area (Å²) in [5.41, 5.74) is 5.04. The Morgan fingerprint density at radius 1 is 1.57 bits per heavy atom. The molecule has 0 aromatic rings. The first-order valence-corrected chi connectivity index (χ1v) is 2.40. The Labute approximate surface area is 59.6 Å². The molecule has 0 rings (SSSR count). The Bertz CT molecular complexity index is 39.9. The van der Waals surface area contributed by atoms with Gasteiger partial charge in [-0.15, -0.1) is 35.6 Å². The fourth-order valence-electron chi connectivity index (χ4n) is 0. The van der Waals surface area contributed by atoms with Crippen molar-refractivity contribution in [2.75, 3.05) is 6.54 Å². The Morgan fingerprint density at radius 2 is 1.71 bits per heavy atom. The summed E-state index contributed by atoms with van der Waals surface area (Å²) in [6, 6.07) is 0. The summed E-state index contributed by atoms with van der Waals surface area (Å²) in [7, 11) is 0. The van der Waals surface area contributed by atoms with Gasteiger partial charge in [0.1, 0.15) is 4.33 Å². The lowest BCUT2D eigenvalue weighted by molar-refractivity contribution is 0.866. The fraction of sp³-hybridized carbons (Fsp3) is 1.00. The molecule has 0 fully saturated rings. The van der Waals surface area contributed by atoms with Gasteiger partial charge >= 0.3 is 0 Å². The van der Waals surface area contributed by atoms with E-state index >= 15 is 0 Å². The molecule has 7 heavy (non-hydrogen) atoms. The van der Waals surface area contributed by atoms with Crippen molar-refractivity contribution in [3.8, 4) is 0 Å². The predicted molar refractivity (Wildman–Crippen MR) is 36.4 cm³/mol. The summed E-state index contributed by atoms with van der Waals surface area (Å²) < 4.78 is -0.736. The molecule has 0 aliphatic carbocycles. The zero-order valence-electron chi connectivity index (χ0n) is 3.95. The third-order valence-corrected chi connectivity index (χ3v) is 0.667. The monoisotopic (exact) mass is 163 g/mol. The van der Waals surface area contributed by atoms with Gasteiger partial charge in [-0.2, -0.15) is 0 Å². The van der Waals surface area contributed by atoms with Crippen molar-refractivity contribution < 1.29 is 0 Å². The molecule has 0 unspecified atom stereocenters. The van der Waals surface area contributed by atoms with Crippen LogP contribution in [0.4, 0.5) is 0 Å². The van der Waals surface area contributed by atoms with Crippen LogP contribution in [0.2, 0.25) is 0 Å². The van der Waals surface area contributed by atoms with Crippen molar-refractivity contribution in [2.45, 2.75) is 11.3 Å². The van der Waals surface area contributed by atoms with Gasteiger partial charge in [-0.3, -0.25) is 0 Å². The van der Waals surface area contributed by atoms with Gasteiger partial charge in [0.05, 0.1) is 0 Å². The van der Waals surface area contributed by atoms with Crippen LogP contribution in [-0.4, -0.2) is 10.9 Å². The third kappa shape index (κ3) is 10.9. The number of nitrogens with two attached hydrogens (primary N) is 1. The van der Waals surface area contributed by atoms with Gasteiger partial charge < -0.3 is 5.73 Å². The van der Waals surface area contributed by atoms with Crippen molar-refractivity contribution in [3.63, 3.8) is 0 Å². The van der Waals surface area contributed by atoms with Gasteiger partial charge in [-0.05, 0) is 6.92 Å². The molecule has 0 aliphatic rings. The zero-order chi connectivity index (χ0) is 5.21. The second kappa shape index (κ2) is 3.79. The highest BCUT2D eigenvalue weighted by atomic mass is 35.5. The van der Waals surface area contributed by atoms with E-state index in [0.717, 1.165) is 0 Å². The standard InChI is InChI=1S/C3H7Cl2N.ClH/c1-3(4,5)2-6;/h2,6H2,1H3;1H. The Morgan fingerprint density at radius 3 is 1.71 bits per heavy atom. The van der Waals surface area contributed by atoms with E-state index in [4.69, 9.17) is 28.9 Å². The highest BCUT2D eigenvalue weighted by Crippen LogP contribution is 2.15. The first-order chi connectivity index (χ1) is 2.56. The van der Waals surface area contributed by atoms with Crippen LogP contribution in [0.15, 0.2) is 0 Å². The maximum Gasteiger partial charge on any atom is 0.127 e. The van der Waals surface area contributed by atoms with Crippen molar-refractivity contribution in [3.05, 3.63) is 0 Å². The molecule has 4 heteroatoms. The lowest BCUT2D eigenvalue weighted by atomic mass is 10.5. The lowest BCUT2D eigenvalue weighted by Crippen LogP contribution is -2.20. The Balaban J connectivity index is 0. The summed E-state index contributed by atoms with van der Waals surface area (Å²) >= 11 is 10.7. The van der Waals surface area contributed by atoms with Crippen LogP contribution in [0, 0.1) is 0 Å². The highest BCUT2D eigenvalue weighted by Gasteiger charge is 2.11. The maximum atomic E-state index is 5.36. The molecule has 46 valence electrons. The second-order valence-electron chi connectivity index (χ2n) is 1.27. The number of alkyl halides is 2. The summed E-state index contributed by atoms with van der Waals surface area (Å²) in [5, 5.41) is 0. The van der Waals surface area contributed by atoms with Crippen molar-refractivity contribution in [2.24, 2.45) is 5.73 Å². The van der Waals surface area contributed by atoms with Gasteiger partial charge in [0.2, 0.25) is 0 Å². The minimum Gasteiger partial charge on any atom is -0.328 e. The molecule has 0 saturated carbocycles. The summed E-state index contributed by atoms with van der Waals surface area (Å²) in [5.74, 6) is 0. The zero-order valence-corrected chi connectivity index (χ0v) is 6.28. The molecule has 0 saturated heterocycles. The second-order valence-corrected chi connectivity index (χ2v) is 3.14. The lowest BCUT2D eigenvalue weighted by Gasteiger charge is -2.05. The van der Waals surface area contributed by atoms with Gasteiger partial charge in [-0.1, -0.05) is 0 Å². The van der Waals surface area contributed by atoms with Crippen LogP contribution in [0.25, 0.3) is 0 Å². The molecule has 1 nitrogen and oxygen atoms in total. The molecular weight excluding hydrogens is 156 g/mol. The van der Waals surface area contributed by atoms with Crippen molar-refractivity contribution in [1.82, 2.24) is 0 Å². The van der Waals surface area contributed by atoms with E-state index in [2.05, 4.69) is 0 Å². The smallest absolute Gasteiger partial charge is 0.127 e. The average molecular weight is 164 g/mol. The number of halogens is 3. The molecule has 0 amide bonds. The van der Waals surface area contributed by atoms with Crippen LogP contribution in [-0.2, 0) is 0 Å². The topological polar surface area (TPSA) is 26.0 Å². The SMILES string of the molecule is CC(Cl)(Cl)CN.Cl. The highest BCUT2D eigenvalue weighted by molar-refractivity contribution is 6.48.